The minimum atomic E-state index is -0.129. The Morgan fingerprint density at radius 1 is 1.25 bits per heavy atom. The minimum Gasteiger partial charge on any atom is -0.379 e. The first-order chi connectivity index (χ1) is 13.7. The molecule has 148 valence electrons. The van der Waals surface area contributed by atoms with Crippen LogP contribution in [0.1, 0.15) is 36.0 Å². The molecule has 0 amide bonds. The van der Waals surface area contributed by atoms with E-state index in [1.54, 1.807) is 24.1 Å². The lowest BCUT2D eigenvalue weighted by Crippen LogP contribution is -2.29. The largest absolute Gasteiger partial charge is 0.379 e. The third-order valence-electron chi connectivity index (χ3n) is 6.10. The van der Waals surface area contributed by atoms with Crippen molar-refractivity contribution in [2.45, 2.75) is 31.1 Å². The second-order valence-corrected chi connectivity index (χ2v) is 8.24. The summed E-state index contributed by atoms with van der Waals surface area (Å²) in [5.74, 6) is -0.129. The average Bonchev–Trinajstić information content (AvgIpc) is 3.07. The summed E-state index contributed by atoms with van der Waals surface area (Å²) >= 11 is 1.61. The molecule has 1 atom stereocenters. The van der Waals surface area contributed by atoms with E-state index in [4.69, 9.17) is 0 Å². The maximum absolute atomic E-state index is 13.9. The maximum atomic E-state index is 13.9. The van der Waals surface area contributed by atoms with Crippen LogP contribution in [0.2, 0.25) is 0 Å². The number of halogens is 1. The summed E-state index contributed by atoms with van der Waals surface area (Å²) in [5.41, 5.74) is 7.40. The Bertz CT molecular complexity index is 895. The molecule has 28 heavy (non-hydrogen) atoms. The van der Waals surface area contributed by atoms with Crippen molar-refractivity contribution >= 4 is 28.9 Å². The number of hydrogen-bond acceptors (Lipinski definition) is 4. The van der Waals surface area contributed by atoms with Crippen molar-refractivity contribution in [2.24, 2.45) is 0 Å². The highest BCUT2D eigenvalue weighted by Gasteiger charge is 2.43. The second-order valence-electron chi connectivity index (χ2n) is 7.62. The lowest BCUT2D eigenvalue weighted by atomic mass is 9.68. The van der Waals surface area contributed by atoms with Gasteiger partial charge in [0.1, 0.15) is 5.82 Å². The topological polar surface area (TPSA) is 36.1 Å². The fraction of sp³-hybridized carbons (Fsp3) is 0.391. The van der Waals surface area contributed by atoms with Gasteiger partial charge in [-0.25, -0.2) is 4.39 Å². The second kappa shape index (κ2) is 8.18. The van der Waals surface area contributed by atoms with Crippen LogP contribution in [0.3, 0.4) is 0 Å². The van der Waals surface area contributed by atoms with Crippen LogP contribution >= 0.6 is 11.9 Å². The first kappa shape index (κ1) is 19.3. The number of para-hydroxylation sites is 1. The van der Waals surface area contributed by atoms with Crippen molar-refractivity contribution in [2.75, 3.05) is 36.4 Å². The van der Waals surface area contributed by atoms with Crippen molar-refractivity contribution in [1.82, 2.24) is 5.32 Å². The van der Waals surface area contributed by atoms with Crippen LogP contribution < -0.4 is 15.4 Å². The first-order valence-corrected chi connectivity index (χ1v) is 11.2. The summed E-state index contributed by atoms with van der Waals surface area (Å²) in [4.78, 5) is 0. The van der Waals surface area contributed by atoms with E-state index in [1.165, 1.54) is 28.0 Å². The molecule has 0 radical (unpaired) electrons. The number of anilines is 2. The molecule has 2 aliphatic rings. The van der Waals surface area contributed by atoms with Crippen LogP contribution in [0.15, 0.2) is 42.5 Å². The highest BCUT2D eigenvalue weighted by molar-refractivity contribution is 7.99. The smallest absolute Gasteiger partial charge is 0.123 e. The van der Waals surface area contributed by atoms with Gasteiger partial charge in [0.2, 0.25) is 0 Å². The van der Waals surface area contributed by atoms with Crippen molar-refractivity contribution < 1.29 is 4.39 Å². The molecule has 1 aliphatic heterocycles. The van der Waals surface area contributed by atoms with Gasteiger partial charge in [0.05, 0.1) is 11.4 Å². The van der Waals surface area contributed by atoms with Gasteiger partial charge in [0, 0.05) is 23.8 Å². The Balaban J connectivity index is 1.82. The minimum absolute atomic E-state index is 0.0469. The van der Waals surface area contributed by atoms with E-state index in [0.29, 0.717) is 0 Å². The molecule has 1 aliphatic carbocycles. The molecule has 3 N–H and O–H groups in total. The van der Waals surface area contributed by atoms with Gasteiger partial charge in [-0.2, -0.15) is 0 Å². The summed E-state index contributed by atoms with van der Waals surface area (Å²) in [7, 11) is 2.00. The van der Waals surface area contributed by atoms with Gasteiger partial charge in [-0.15, -0.1) is 0 Å². The number of aryl methyl sites for hydroxylation is 1. The lowest BCUT2D eigenvalue weighted by Gasteiger charge is -2.37. The molecule has 3 nitrogen and oxygen atoms in total. The first-order valence-electron chi connectivity index (χ1n) is 10.00. The molecule has 2 aromatic carbocycles. The van der Waals surface area contributed by atoms with Crippen LogP contribution in [-0.2, 0) is 11.8 Å². The van der Waals surface area contributed by atoms with Crippen molar-refractivity contribution in [3.63, 3.8) is 0 Å². The van der Waals surface area contributed by atoms with Crippen molar-refractivity contribution in [3.8, 4) is 0 Å². The fourth-order valence-corrected chi connectivity index (χ4v) is 5.33. The van der Waals surface area contributed by atoms with Gasteiger partial charge in [0.25, 0.3) is 0 Å². The van der Waals surface area contributed by atoms with Crippen LogP contribution in [0.5, 0.6) is 0 Å². The molecule has 1 heterocycles. The molecule has 0 saturated heterocycles. The average molecular weight is 398 g/mol. The van der Waals surface area contributed by atoms with Gasteiger partial charge in [0.15, 0.2) is 0 Å². The van der Waals surface area contributed by atoms with Crippen molar-refractivity contribution in [1.29, 1.82) is 0 Å². The van der Waals surface area contributed by atoms with E-state index in [-0.39, 0.29) is 11.2 Å². The number of allylic oxidation sites excluding steroid dienone is 1. The Morgan fingerprint density at radius 3 is 2.96 bits per heavy atom. The third-order valence-corrected chi connectivity index (χ3v) is 6.53. The molecule has 0 spiro atoms. The van der Waals surface area contributed by atoms with E-state index >= 15 is 0 Å². The molecule has 0 saturated carbocycles. The Kier molecular flexibility index (Phi) is 5.65. The van der Waals surface area contributed by atoms with E-state index in [0.717, 1.165) is 44.5 Å². The van der Waals surface area contributed by atoms with Crippen molar-refractivity contribution in [3.05, 3.63) is 65.0 Å². The van der Waals surface area contributed by atoms with Gasteiger partial charge >= 0.3 is 0 Å². The summed E-state index contributed by atoms with van der Waals surface area (Å²) < 4.78 is 17.3. The predicted octanol–water partition coefficient (Wildman–Crippen LogP) is 5.21. The number of hydrogen-bond donors (Lipinski definition) is 3. The fourth-order valence-electron chi connectivity index (χ4n) is 4.94. The van der Waals surface area contributed by atoms with Gasteiger partial charge in [-0.3, -0.25) is 0 Å². The van der Waals surface area contributed by atoms with Gasteiger partial charge < -0.3 is 15.4 Å². The third kappa shape index (κ3) is 3.31. The van der Waals surface area contributed by atoms with E-state index in [2.05, 4.69) is 39.6 Å². The summed E-state index contributed by atoms with van der Waals surface area (Å²) in [5, 5.41) is 6.85. The van der Waals surface area contributed by atoms with Gasteiger partial charge in [-0.1, -0.05) is 36.2 Å². The van der Waals surface area contributed by atoms with Gasteiger partial charge in [-0.05, 0) is 74.2 Å². The molecule has 0 bridgehead atoms. The Morgan fingerprint density at radius 2 is 2.14 bits per heavy atom. The lowest BCUT2D eigenvalue weighted by molar-refractivity contribution is 0.477. The van der Waals surface area contributed by atoms with E-state index in [9.17, 15) is 4.39 Å². The quantitative estimate of drug-likeness (QED) is 0.443. The van der Waals surface area contributed by atoms with Crippen LogP contribution in [0, 0.1) is 5.82 Å². The highest BCUT2D eigenvalue weighted by Crippen LogP contribution is 2.53. The highest BCUT2D eigenvalue weighted by atomic mass is 32.2. The number of rotatable bonds is 7. The van der Waals surface area contributed by atoms with E-state index < -0.39 is 0 Å². The zero-order chi connectivity index (χ0) is 19.6. The number of nitrogens with one attached hydrogen (secondary N) is 3. The zero-order valence-corrected chi connectivity index (χ0v) is 17.4. The maximum Gasteiger partial charge on any atom is 0.123 e. The summed E-state index contributed by atoms with van der Waals surface area (Å²) in [6.07, 6.45) is 8.54. The number of benzene rings is 2. The molecule has 1 unspecified atom stereocenters. The Labute approximate surface area is 171 Å². The molecular formula is C23H28FN3S. The van der Waals surface area contributed by atoms with Crippen LogP contribution in [0.25, 0.3) is 5.57 Å². The molecule has 4 rings (SSSR count). The summed E-state index contributed by atoms with van der Waals surface area (Å²) in [6, 6.07) is 11.9. The molecular weight excluding hydrogens is 369 g/mol. The predicted molar refractivity (Wildman–Crippen MR) is 120 cm³/mol. The molecule has 0 fully saturated rings. The van der Waals surface area contributed by atoms with Crippen LogP contribution in [0.4, 0.5) is 15.8 Å². The number of fused-ring (bicyclic) bond motifs is 2. The zero-order valence-electron chi connectivity index (χ0n) is 16.6. The SMILES string of the molecule is CNCCCC1(C2=CCNc3c(NSC)cccc32)CCc2cc(F)ccc21. The van der Waals surface area contributed by atoms with E-state index in [1.807, 2.05) is 19.4 Å². The molecule has 5 heteroatoms. The van der Waals surface area contributed by atoms with Crippen LogP contribution in [-0.4, -0.2) is 26.4 Å². The normalized spacial score (nSPS) is 20.2. The molecule has 2 aromatic rings. The Hall–Kier alpha value is -1.98. The molecule has 0 aromatic heterocycles. The monoisotopic (exact) mass is 397 g/mol. The summed E-state index contributed by atoms with van der Waals surface area (Å²) in [6.45, 7) is 1.81. The standard InChI is InChI=1S/C23H28FN3S/c1-25-13-4-11-23(12-9-16-15-17(24)7-8-19(16)23)20-10-14-26-22-18(20)5-3-6-21(22)27-28-2/h3,5-8,10,15,25-27H,4,9,11-14H2,1-2H3.